The van der Waals surface area contributed by atoms with Gasteiger partial charge in [0.05, 0.1) is 18.1 Å². The summed E-state index contributed by atoms with van der Waals surface area (Å²) in [4.78, 5) is 26.7. The van der Waals surface area contributed by atoms with Crippen LogP contribution < -0.4 is 20.5 Å². The number of anilines is 1. The zero-order chi connectivity index (χ0) is 39.5. The van der Waals surface area contributed by atoms with E-state index in [-0.39, 0.29) is 18.8 Å². The zero-order valence-corrected chi connectivity index (χ0v) is 31.6. The first-order chi connectivity index (χ1) is 27.8. The number of rotatable bonds is 12. The minimum atomic E-state index is -0.815. The number of ether oxygens (including phenoxy) is 2. The van der Waals surface area contributed by atoms with Crippen molar-refractivity contribution in [3.63, 3.8) is 0 Å². The summed E-state index contributed by atoms with van der Waals surface area (Å²) >= 11 is 0. The number of hydrogen-bond acceptors (Lipinski definition) is 6. The van der Waals surface area contributed by atoms with E-state index < -0.39 is 17.3 Å². The molecule has 0 saturated carbocycles. The van der Waals surface area contributed by atoms with E-state index in [4.69, 9.17) is 9.47 Å². The van der Waals surface area contributed by atoms with Crippen LogP contribution in [0, 0.1) is 12.7 Å². The Hall–Kier alpha value is -7.27. The van der Waals surface area contributed by atoms with Crippen LogP contribution in [0.4, 0.5) is 10.1 Å². The fourth-order valence-corrected chi connectivity index (χ4v) is 7.64. The van der Waals surface area contributed by atoms with Crippen molar-refractivity contribution < 1.29 is 18.7 Å². The molecule has 6 aromatic carbocycles. The number of carbonyl (C=O) groups is 1. The molecule has 0 atom stereocenters. The van der Waals surface area contributed by atoms with Gasteiger partial charge in [0.2, 0.25) is 5.91 Å². The van der Waals surface area contributed by atoms with Gasteiger partial charge in [0.1, 0.15) is 30.8 Å². The number of halogens is 1. The molecule has 1 amide bonds. The second kappa shape index (κ2) is 15.5. The summed E-state index contributed by atoms with van der Waals surface area (Å²) in [6, 6.07) is 45.9. The first kappa shape index (κ1) is 36.7. The minimum absolute atomic E-state index is 0.0794. The fraction of sp³-hybridized carbons (Fsp3) is 0.130. The molecule has 11 heteroatoms. The standard InChI is InChI=1S/C46H39FN6O4/c1-31-25-38(44-39(26-31)52(45(55)51(44)2)28-43(54)49-37-22-20-36(47)21-23-37)32-19-24-40(41(27-32)56-3)57-29-42-50-48-30-53(42)46(33-13-7-4-8-14-33,34-15-9-5-10-16-34)35-17-11-6-12-18-35/h4-27,30H,28-29H2,1-3H3,(H,49,54). The van der Waals surface area contributed by atoms with Gasteiger partial charge in [0, 0.05) is 18.3 Å². The molecule has 0 saturated heterocycles. The highest BCUT2D eigenvalue weighted by atomic mass is 19.1. The van der Waals surface area contributed by atoms with Crippen LogP contribution in [0.3, 0.4) is 0 Å². The molecule has 284 valence electrons. The van der Waals surface area contributed by atoms with Crippen molar-refractivity contribution in [2.75, 3.05) is 12.4 Å². The molecule has 0 bridgehead atoms. The van der Waals surface area contributed by atoms with E-state index in [9.17, 15) is 14.0 Å². The normalized spacial score (nSPS) is 11.4. The second-order valence-electron chi connectivity index (χ2n) is 13.7. The molecule has 1 N–H and O–H groups in total. The molecule has 2 aromatic heterocycles. The van der Waals surface area contributed by atoms with Gasteiger partial charge in [-0.3, -0.25) is 18.5 Å². The largest absolute Gasteiger partial charge is 0.493 e. The number of aryl methyl sites for hydroxylation is 2. The average molecular weight is 759 g/mol. The summed E-state index contributed by atoms with van der Waals surface area (Å²) in [5.41, 5.74) is 6.10. The molecule has 0 aliphatic carbocycles. The smallest absolute Gasteiger partial charge is 0.329 e. The number of methoxy groups -OCH3 is 1. The van der Waals surface area contributed by atoms with Crippen molar-refractivity contribution in [1.29, 1.82) is 0 Å². The lowest BCUT2D eigenvalue weighted by Gasteiger charge is -2.38. The van der Waals surface area contributed by atoms with Crippen molar-refractivity contribution in [1.82, 2.24) is 23.9 Å². The van der Waals surface area contributed by atoms with Crippen LogP contribution in [-0.2, 0) is 30.5 Å². The van der Waals surface area contributed by atoms with E-state index in [0.717, 1.165) is 33.4 Å². The number of nitrogens with one attached hydrogen (secondary N) is 1. The molecule has 57 heavy (non-hydrogen) atoms. The van der Waals surface area contributed by atoms with Crippen LogP contribution in [0.5, 0.6) is 11.5 Å². The van der Waals surface area contributed by atoms with Gasteiger partial charge >= 0.3 is 5.69 Å². The van der Waals surface area contributed by atoms with E-state index in [1.807, 2.05) is 91.9 Å². The van der Waals surface area contributed by atoms with Gasteiger partial charge in [-0.1, -0.05) is 97.1 Å². The molecule has 0 unspecified atom stereocenters. The number of fused-ring (bicyclic) bond motifs is 1. The van der Waals surface area contributed by atoms with Crippen LogP contribution in [0.1, 0.15) is 28.1 Å². The average Bonchev–Trinajstić information content (AvgIpc) is 3.80. The van der Waals surface area contributed by atoms with Crippen molar-refractivity contribution in [2.45, 2.75) is 25.6 Å². The van der Waals surface area contributed by atoms with Gasteiger partial charge in [-0.25, -0.2) is 9.18 Å². The second-order valence-corrected chi connectivity index (χ2v) is 13.7. The topological polar surface area (TPSA) is 105 Å². The number of hydrogen-bond donors (Lipinski definition) is 1. The van der Waals surface area contributed by atoms with Crippen molar-refractivity contribution in [3.05, 3.63) is 196 Å². The van der Waals surface area contributed by atoms with Gasteiger partial charge in [-0.2, -0.15) is 0 Å². The monoisotopic (exact) mass is 758 g/mol. The summed E-state index contributed by atoms with van der Waals surface area (Å²) < 4.78 is 30.8. The summed E-state index contributed by atoms with van der Waals surface area (Å²) in [5, 5.41) is 11.7. The third kappa shape index (κ3) is 6.84. The Morgan fingerprint density at radius 3 is 2.00 bits per heavy atom. The van der Waals surface area contributed by atoms with Crippen LogP contribution in [0.15, 0.2) is 157 Å². The lowest BCUT2D eigenvalue weighted by Crippen LogP contribution is -2.38. The number of amides is 1. The molecule has 10 nitrogen and oxygen atoms in total. The van der Waals surface area contributed by atoms with Gasteiger partial charge in [-0.15, -0.1) is 10.2 Å². The molecule has 0 aliphatic heterocycles. The van der Waals surface area contributed by atoms with Gasteiger partial charge in [0.25, 0.3) is 0 Å². The summed E-state index contributed by atoms with van der Waals surface area (Å²) in [5.74, 6) is 0.754. The predicted molar refractivity (Wildman–Crippen MR) is 218 cm³/mol. The molecule has 0 spiro atoms. The number of aromatic nitrogens is 5. The number of benzene rings is 6. The van der Waals surface area contributed by atoms with E-state index in [1.54, 1.807) is 20.5 Å². The van der Waals surface area contributed by atoms with Gasteiger partial charge in [-0.05, 0) is 83.3 Å². The van der Waals surface area contributed by atoms with E-state index in [2.05, 4.69) is 56.5 Å². The number of nitrogens with zero attached hydrogens (tertiary/aromatic N) is 5. The Labute approximate surface area is 328 Å². The summed E-state index contributed by atoms with van der Waals surface area (Å²) in [7, 11) is 3.26. The lowest BCUT2D eigenvalue weighted by molar-refractivity contribution is -0.116. The van der Waals surface area contributed by atoms with E-state index in [1.165, 1.54) is 33.4 Å². The van der Waals surface area contributed by atoms with Crippen molar-refractivity contribution >= 4 is 22.6 Å². The Kier molecular flexibility index (Phi) is 9.95. The van der Waals surface area contributed by atoms with Crippen LogP contribution in [0.25, 0.3) is 22.2 Å². The highest BCUT2D eigenvalue weighted by Crippen LogP contribution is 2.42. The third-order valence-electron chi connectivity index (χ3n) is 10.2. The first-order valence-corrected chi connectivity index (χ1v) is 18.4. The van der Waals surface area contributed by atoms with Crippen molar-refractivity contribution in [3.8, 4) is 22.6 Å². The van der Waals surface area contributed by atoms with Gasteiger partial charge in [0.15, 0.2) is 17.3 Å². The van der Waals surface area contributed by atoms with E-state index in [0.29, 0.717) is 34.0 Å². The minimum Gasteiger partial charge on any atom is -0.493 e. The summed E-state index contributed by atoms with van der Waals surface area (Å²) in [6.07, 6.45) is 1.75. The number of imidazole rings is 1. The van der Waals surface area contributed by atoms with E-state index >= 15 is 0 Å². The molecule has 0 aliphatic rings. The van der Waals surface area contributed by atoms with Crippen molar-refractivity contribution in [2.24, 2.45) is 7.05 Å². The fourth-order valence-electron chi connectivity index (χ4n) is 7.64. The Balaban J connectivity index is 1.13. The predicted octanol–water partition coefficient (Wildman–Crippen LogP) is 8.11. The Morgan fingerprint density at radius 2 is 1.40 bits per heavy atom. The third-order valence-corrected chi connectivity index (χ3v) is 10.2. The van der Waals surface area contributed by atoms with Crippen LogP contribution in [0.2, 0.25) is 0 Å². The molecular formula is C46H39FN6O4. The lowest BCUT2D eigenvalue weighted by atomic mass is 9.76. The maximum atomic E-state index is 13.6. The molecule has 8 rings (SSSR count). The van der Waals surface area contributed by atoms with Crippen LogP contribution in [-0.4, -0.2) is 36.9 Å². The van der Waals surface area contributed by atoms with Gasteiger partial charge < -0.3 is 14.8 Å². The van der Waals surface area contributed by atoms with Crippen LogP contribution >= 0.6 is 0 Å². The SMILES string of the molecule is COc1cc(-c2cc(C)cc3c2n(C)c(=O)n3CC(=O)Nc2ccc(F)cc2)ccc1OCc1nncn1C(c1ccccc1)(c1ccccc1)c1ccccc1. The highest BCUT2D eigenvalue weighted by molar-refractivity contribution is 5.96. The molecular weight excluding hydrogens is 720 g/mol. The zero-order valence-electron chi connectivity index (χ0n) is 31.6. The molecule has 0 radical (unpaired) electrons. The molecule has 8 aromatic rings. The Bertz CT molecular complexity index is 2650. The maximum Gasteiger partial charge on any atom is 0.329 e. The highest BCUT2D eigenvalue weighted by Gasteiger charge is 2.40. The number of carbonyl (C=O) groups excluding carboxylic acids is 1. The summed E-state index contributed by atoms with van der Waals surface area (Å²) in [6.45, 7) is 1.79. The maximum absolute atomic E-state index is 13.6. The molecule has 0 fully saturated rings. The Morgan fingerprint density at radius 1 is 0.789 bits per heavy atom. The first-order valence-electron chi connectivity index (χ1n) is 18.4. The quantitative estimate of drug-likeness (QED) is 0.126. The molecule has 2 heterocycles.